The number of halogens is 1. The van der Waals surface area contributed by atoms with Crippen molar-refractivity contribution in [2.75, 3.05) is 7.05 Å². The molecule has 0 saturated heterocycles. The Labute approximate surface area is 107 Å². The first kappa shape index (κ1) is 14.4. The molecule has 0 heterocycles. The zero-order valence-electron chi connectivity index (χ0n) is 10.1. The Bertz CT molecular complexity index is 319. The number of hydrogen-bond acceptors (Lipinski definition) is 2. The van der Waals surface area contributed by atoms with Crippen molar-refractivity contribution >= 4 is 26.1 Å². The van der Waals surface area contributed by atoms with Gasteiger partial charge in [0, 0.05) is 24.0 Å². The first-order valence-electron chi connectivity index (χ1n) is 5.74. The van der Waals surface area contributed by atoms with Gasteiger partial charge in [0.15, 0.2) is 0 Å². The van der Waals surface area contributed by atoms with E-state index in [1.54, 1.807) is 7.05 Å². The van der Waals surface area contributed by atoms with Gasteiger partial charge < -0.3 is 0 Å². The second-order valence-corrected chi connectivity index (χ2v) is 7.58. The highest BCUT2D eigenvalue weighted by molar-refractivity contribution is 9.09. The molecule has 0 aromatic carbocycles. The van der Waals surface area contributed by atoms with Crippen LogP contribution in [0.3, 0.4) is 0 Å². The molecule has 1 fully saturated rings. The van der Waals surface area contributed by atoms with Gasteiger partial charge in [-0.2, -0.15) is 17.4 Å². The molecule has 2 unspecified atom stereocenters. The topological polar surface area (TPSA) is 49.4 Å². The molecule has 0 aliphatic heterocycles. The summed E-state index contributed by atoms with van der Waals surface area (Å²) in [7, 11) is -1.73. The predicted molar refractivity (Wildman–Crippen MR) is 69.9 cm³/mol. The first-order valence-corrected chi connectivity index (χ1v) is 8.09. The molecule has 16 heavy (non-hydrogen) atoms. The summed E-state index contributed by atoms with van der Waals surface area (Å²) in [6.07, 6.45) is 4.23. The molecule has 0 bridgehead atoms. The fraction of sp³-hybridized carbons (Fsp3) is 1.00. The van der Waals surface area contributed by atoms with Gasteiger partial charge >= 0.3 is 0 Å². The van der Waals surface area contributed by atoms with Gasteiger partial charge in [-0.1, -0.05) is 28.8 Å². The predicted octanol–water partition coefficient (Wildman–Crippen LogP) is 1.87. The largest absolute Gasteiger partial charge is 0.279 e. The van der Waals surface area contributed by atoms with E-state index in [0.717, 1.165) is 19.3 Å². The maximum atomic E-state index is 12.0. The lowest BCUT2D eigenvalue weighted by atomic mass is 9.96. The zero-order valence-corrected chi connectivity index (χ0v) is 12.5. The van der Waals surface area contributed by atoms with Gasteiger partial charge in [-0.15, -0.1) is 0 Å². The minimum Gasteiger partial charge on any atom is -0.198 e. The van der Waals surface area contributed by atoms with E-state index in [9.17, 15) is 8.42 Å². The van der Waals surface area contributed by atoms with Crippen molar-refractivity contribution in [3.63, 3.8) is 0 Å². The Morgan fingerprint density at radius 2 is 1.88 bits per heavy atom. The molecular weight excluding hydrogens is 292 g/mol. The van der Waals surface area contributed by atoms with E-state index in [4.69, 9.17) is 0 Å². The van der Waals surface area contributed by atoms with Gasteiger partial charge in [-0.05, 0) is 26.7 Å². The monoisotopic (exact) mass is 312 g/mol. The van der Waals surface area contributed by atoms with Gasteiger partial charge in [-0.25, -0.2) is 0 Å². The van der Waals surface area contributed by atoms with E-state index in [1.165, 1.54) is 10.7 Å². The van der Waals surface area contributed by atoms with E-state index in [2.05, 4.69) is 20.7 Å². The summed E-state index contributed by atoms with van der Waals surface area (Å²) >= 11 is 3.55. The van der Waals surface area contributed by atoms with Crippen molar-refractivity contribution in [1.82, 2.24) is 9.03 Å². The van der Waals surface area contributed by atoms with E-state index in [-0.39, 0.29) is 16.9 Å². The van der Waals surface area contributed by atoms with E-state index >= 15 is 0 Å². The van der Waals surface area contributed by atoms with Gasteiger partial charge in [0.05, 0.1) is 0 Å². The average molecular weight is 313 g/mol. The Morgan fingerprint density at radius 3 is 2.38 bits per heavy atom. The molecule has 1 N–H and O–H groups in total. The third-order valence-corrected chi connectivity index (χ3v) is 5.96. The van der Waals surface area contributed by atoms with Crippen LogP contribution in [0.4, 0.5) is 0 Å². The molecular formula is C10H21BrN2O2S. The summed E-state index contributed by atoms with van der Waals surface area (Å²) in [6, 6.07) is 0.00909. The molecule has 2 atom stereocenters. The zero-order chi connectivity index (χ0) is 12.3. The standard InChI is InChI=1S/C10H21BrN2O2S/c1-8(2)13(3)16(14,15)12-10-7-5-4-6-9(10)11/h8-10,12H,4-7H2,1-3H3. The molecule has 0 spiro atoms. The highest BCUT2D eigenvalue weighted by Gasteiger charge is 2.29. The average Bonchev–Trinajstić information content (AvgIpc) is 2.20. The Morgan fingerprint density at radius 1 is 1.31 bits per heavy atom. The number of alkyl halides is 1. The summed E-state index contributed by atoms with van der Waals surface area (Å²) in [5, 5.41) is 0. The van der Waals surface area contributed by atoms with Crippen LogP contribution >= 0.6 is 15.9 Å². The minimum atomic E-state index is -3.34. The van der Waals surface area contributed by atoms with E-state index < -0.39 is 10.2 Å². The van der Waals surface area contributed by atoms with Crippen LogP contribution in [0, 0.1) is 0 Å². The van der Waals surface area contributed by atoms with Crippen LogP contribution in [-0.4, -0.2) is 36.7 Å². The summed E-state index contributed by atoms with van der Waals surface area (Å²) in [4.78, 5) is 0.261. The molecule has 1 aliphatic rings. The van der Waals surface area contributed by atoms with Gasteiger partial charge in [-0.3, -0.25) is 0 Å². The fourth-order valence-corrected chi connectivity index (χ4v) is 4.05. The second kappa shape index (κ2) is 5.80. The molecule has 1 aliphatic carbocycles. The van der Waals surface area contributed by atoms with Gasteiger partial charge in [0.25, 0.3) is 10.2 Å². The third kappa shape index (κ3) is 3.68. The molecule has 0 amide bonds. The normalized spacial score (nSPS) is 27.6. The smallest absolute Gasteiger partial charge is 0.198 e. The minimum absolute atomic E-state index is 0.0186. The Hall–Kier alpha value is 0.350. The van der Waals surface area contributed by atoms with Crippen LogP contribution < -0.4 is 4.72 Å². The van der Waals surface area contributed by atoms with Crippen LogP contribution in [0.25, 0.3) is 0 Å². The first-order chi connectivity index (χ1) is 7.34. The van der Waals surface area contributed by atoms with Crippen LogP contribution in [0.1, 0.15) is 39.5 Å². The fourth-order valence-electron chi connectivity index (χ4n) is 1.77. The molecule has 0 aromatic heterocycles. The number of rotatable bonds is 4. The maximum Gasteiger partial charge on any atom is 0.279 e. The van der Waals surface area contributed by atoms with Crippen molar-refractivity contribution < 1.29 is 8.42 Å². The van der Waals surface area contributed by atoms with Crippen molar-refractivity contribution in [3.05, 3.63) is 0 Å². The second-order valence-electron chi connectivity index (χ2n) is 4.64. The lowest BCUT2D eigenvalue weighted by molar-refractivity contribution is 0.376. The maximum absolute atomic E-state index is 12.0. The molecule has 0 aromatic rings. The quantitative estimate of drug-likeness (QED) is 0.806. The number of nitrogens with one attached hydrogen (secondary N) is 1. The highest BCUT2D eigenvalue weighted by atomic mass is 79.9. The van der Waals surface area contributed by atoms with Crippen molar-refractivity contribution in [1.29, 1.82) is 0 Å². The molecule has 4 nitrogen and oxygen atoms in total. The van der Waals surface area contributed by atoms with Crippen molar-refractivity contribution in [2.24, 2.45) is 0 Å². The van der Waals surface area contributed by atoms with Gasteiger partial charge in [0.2, 0.25) is 0 Å². The molecule has 96 valence electrons. The van der Waals surface area contributed by atoms with Crippen molar-refractivity contribution in [2.45, 2.75) is 56.4 Å². The SMILES string of the molecule is CC(C)N(C)S(=O)(=O)NC1CCCCC1Br. The lowest BCUT2D eigenvalue weighted by Gasteiger charge is -2.30. The lowest BCUT2D eigenvalue weighted by Crippen LogP contribution is -2.49. The van der Waals surface area contributed by atoms with Crippen LogP contribution in [-0.2, 0) is 10.2 Å². The molecule has 1 rings (SSSR count). The van der Waals surface area contributed by atoms with Crippen LogP contribution in [0.5, 0.6) is 0 Å². The van der Waals surface area contributed by atoms with Crippen LogP contribution in [0.15, 0.2) is 0 Å². The third-order valence-electron chi connectivity index (χ3n) is 3.09. The van der Waals surface area contributed by atoms with Crippen molar-refractivity contribution in [3.8, 4) is 0 Å². The summed E-state index contributed by atoms with van der Waals surface area (Å²) < 4.78 is 28.1. The molecule has 6 heteroatoms. The molecule has 0 radical (unpaired) electrons. The Balaban J connectivity index is 2.64. The molecule has 1 saturated carbocycles. The van der Waals surface area contributed by atoms with E-state index in [1.807, 2.05) is 13.8 Å². The van der Waals surface area contributed by atoms with E-state index in [0.29, 0.717) is 0 Å². The highest BCUT2D eigenvalue weighted by Crippen LogP contribution is 2.25. The summed E-state index contributed by atoms with van der Waals surface area (Å²) in [5.74, 6) is 0. The van der Waals surface area contributed by atoms with Crippen LogP contribution in [0.2, 0.25) is 0 Å². The number of nitrogens with zero attached hydrogens (tertiary/aromatic N) is 1. The summed E-state index contributed by atoms with van der Waals surface area (Å²) in [5.41, 5.74) is 0. The summed E-state index contributed by atoms with van der Waals surface area (Å²) in [6.45, 7) is 3.73. The van der Waals surface area contributed by atoms with Gasteiger partial charge in [0.1, 0.15) is 0 Å². The number of hydrogen-bond donors (Lipinski definition) is 1. The Kier molecular flexibility index (Phi) is 5.22.